The molecule has 6 heteroatoms. The molecule has 3 aromatic carbocycles. The lowest BCUT2D eigenvalue weighted by Crippen LogP contribution is -2.29. The van der Waals surface area contributed by atoms with Crippen molar-refractivity contribution >= 4 is 29.1 Å². The van der Waals surface area contributed by atoms with E-state index in [0.29, 0.717) is 23.4 Å². The van der Waals surface area contributed by atoms with Crippen molar-refractivity contribution in [3.8, 4) is 0 Å². The SMILES string of the molecule is Cc1ccccc1C(=O)NCCC(=O)Nc1ccc(C(=O)N2CCc3ccccc32)cc1. The summed E-state index contributed by atoms with van der Waals surface area (Å²) in [5, 5.41) is 5.57. The van der Waals surface area contributed by atoms with E-state index in [9.17, 15) is 14.4 Å². The van der Waals surface area contributed by atoms with E-state index < -0.39 is 0 Å². The van der Waals surface area contributed by atoms with Crippen LogP contribution in [0.2, 0.25) is 0 Å². The van der Waals surface area contributed by atoms with Crippen molar-refractivity contribution in [3.05, 3.63) is 95.1 Å². The van der Waals surface area contributed by atoms with Gasteiger partial charge in [-0.25, -0.2) is 0 Å². The molecule has 2 N–H and O–H groups in total. The number of amides is 3. The van der Waals surface area contributed by atoms with Crippen molar-refractivity contribution in [1.82, 2.24) is 5.32 Å². The Morgan fingerprint density at radius 1 is 0.906 bits per heavy atom. The molecule has 3 aromatic rings. The van der Waals surface area contributed by atoms with Crippen LogP contribution in [-0.2, 0) is 11.2 Å². The number of anilines is 2. The highest BCUT2D eigenvalue weighted by molar-refractivity contribution is 6.07. The second kappa shape index (κ2) is 9.47. The van der Waals surface area contributed by atoms with Gasteiger partial charge in [-0.2, -0.15) is 0 Å². The van der Waals surface area contributed by atoms with E-state index in [0.717, 1.165) is 17.7 Å². The van der Waals surface area contributed by atoms with E-state index in [-0.39, 0.29) is 30.7 Å². The molecular formula is C26H25N3O3. The van der Waals surface area contributed by atoms with Crippen LogP contribution in [0.15, 0.2) is 72.8 Å². The van der Waals surface area contributed by atoms with Crippen molar-refractivity contribution < 1.29 is 14.4 Å². The molecule has 1 aliphatic rings. The van der Waals surface area contributed by atoms with Gasteiger partial charge in [0.15, 0.2) is 0 Å². The van der Waals surface area contributed by atoms with Crippen molar-refractivity contribution in [1.29, 1.82) is 0 Å². The van der Waals surface area contributed by atoms with Crippen LogP contribution in [0.1, 0.15) is 38.3 Å². The lowest BCUT2D eigenvalue weighted by molar-refractivity contribution is -0.116. The largest absolute Gasteiger partial charge is 0.352 e. The van der Waals surface area contributed by atoms with Crippen molar-refractivity contribution in [2.45, 2.75) is 19.8 Å². The van der Waals surface area contributed by atoms with Crippen LogP contribution < -0.4 is 15.5 Å². The number of carbonyl (C=O) groups excluding carboxylic acids is 3. The molecular weight excluding hydrogens is 402 g/mol. The molecule has 0 aromatic heterocycles. The minimum absolute atomic E-state index is 0.0493. The summed E-state index contributed by atoms with van der Waals surface area (Å²) in [5.41, 5.74) is 4.82. The number of benzene rings is 3. The fourth-order valence-corrected chi connectivity index (χ4v) is 3.84. The number of hydrogen-bond donors (Lipinski definition) is 2. The van der Waals surface area contributed by atoms with Gasteiger partial charge in [0.25, 0.3) is 11.8 Å². The molecule has 0 saturated carbocycles. The molecule has 0 radical (unpaired) electrons. The van der Waals surface area contributed by atoms with Gasteiger partial charge in [-0.05, 0) is 60.9 Å². The summed E-state index contributed by atoms with van der Waals surface area (Å²) >= 11 is 0. The third-order valence-electron chi connectivity index (χ3n) is 5.58. The number of fused-ring (bicyclic) bond motifs is 1. The van der Waals surface area contributed by atoms with E-state index in [4.69, 9.17) is 0 Å². The minimum Gasteiger partial charge on any atom is -0.352 e. The Morgan fingerprint density at radius 3 is 2.41 bits per heavy atom. The van der Waals surface area contributed by atoms with E-state index in [1.165, 1.54) is 5.56 Å². The fourth-order valence-electron chi connectivity index (χ4n) is 3.84. The number of aryl methyl sites for hydroxylation is 1. The number of carbonyl (C=O) groups is 3. The predicted molar refractivity (Wildman–Crippen MR) is 125 cm³/mol. The van der Waals surface area contributed by atoms with E-state index in [1.807, 2.05) is 49.4 Å². The van der Waals surface area contributed by atoms with E-state index in [1.54, 1.807) is 35.2 Å². The summed E-state index contributed by atoms with van der Waals surface area (Å²) in [6.07, 6.45) is 1.01. The molecule has 0 unspecified atom stereocenters. The van der Waals surface area contributed by atoms with Crippen LogP contribution in [0.25, 0.3) is 0 Å². The summed E-state index contributed by atoms with van der Waals surface area (Å²) in [6, 6.07) is 22.1. The van der Waals surface area contributed by atoms with Gasteiger partial charge in [-0.1, -0.05) is 36.4 Å². The zero-order valence-corrected chi connectivity index (χ0v) is 17.9. The van der Waals surface area contributed by atoms with Crippen LogP contribution in [0.4, 0.5) is 11.4 Å². The normalized spacial score (nSPS) is 12.2. The third kappa shape index (κ3) is 4.70. The maximum absolute atomic E-state index is 12.9. The van der Waals surface area contributed by atoms with Gasteiger partial charge < -0.3 is 15.5 Å². The summed E-state index contributed by atoms with van der Waals surface area (Å²) < 4.78 is 0. The highest BCUT2D eigenvalue weighted by atomic mass is 16.2. The molecule has 32 heavy (non-hydrogen) atoms. The van der Waals surface area contributed by atoms with Gasteiger partial charge in [-0.3, -0.25) is 14.4 Å². The summed E-state index contributed by atoms with van der Waals surface area (Å²) in [7, 11) is 0. The van der Waals surface area contributed by atoms with Gasteiger partial charge in [0, 0.05) is 42.0 Å². The van der Waals surface area contributed by atoms with Crippen LogP contribution in [0.3, 0.4) is 0 Å². The first-order valence-electron chi connectivity index (χ1n) is 10.7. The van der Waals surface area contributed by atoms with Gasteiger partial charge in [0.1, 0.15) is 0 Å². The molecule has 0 bridgehead atoms. The van der Waals surface area contributed by atoms with Crippen LogP contribution >= 0.6 is 0 Å². The molecule has 0 spiro atoms. The van der Waals surface area contributed by atoms with Crippen LogP contribution in [0, 0.1) is 6.92 Å². The Labute approximate surface area is 187 Å². The first-order valence-corrected chi connectivity index (χ1v) is 10.7. The van der Waals surface area contributed by atoms with Gasteiger partial charge in [0.05, 0.1) is 0 Å². The maximum atomic E-state index is 12.9. The van der Waals surface area contributed by atoms with Gasteiger partial charge in [-0.15, -0.1) is 0 Å². The standard InChI is InChI=1S/C26H25N3O3/c1-18-6-2-4-8-22(18)25(31)27-16-14-24(30)28-21-12-10-20(11-13-21)26(32)29-17-15-19-7-3-5-9-23(19)29/h2-13H,14-17H2,1H3,(H,27,31)(H,28,30). The minimum atomic E-state index is -0.206. The third-order valence-corrected chi connectivity index (χ3v) is 5.58. The zero-order valence-electron chi connectivity index (χ0n) is 17.9. The van der Waals surface area contributed by atoms with Crippen LogP contribution in [0.5, 0.6) is 0 Å². The Morgan fingerprint density at radius 2 is 1.62 bits per heavy atom. The lowest BCUT2D eigenvalue weighted by Gasteiger charge is -2.17. The lowest BCUT2D eigenvalue weighted by atomic mass is 10.1. The Hall–Kier alpha value is -3.93. The number of rotatable bonds is 6. The van der Waals surface area contributed by atoms with Crippen molar-refractivity contribution in [2.24, 2.45) is 0 Å². The first-order chi connectivity index (χ1) is 15.5. The Bertz CT molecular complexity index is 1150. The smallest absolute Gasteiger partial charge is 0.258 e. The molecule has 4 rings (SSSR count). The molecule has 0 aliphatic carbocycles. The summed E-state index contributed by atoms with van der Waals surface area (Å²) in [4.78, 5) is 39.1. The molecule has 3 amide bonds. The second-order valence-electron chi connectivity index (χ2n) is 7.78. The highest BCUT2D eigenvalue weighted by Crippen LogP contribution is 2.29. The van der Waals surface area contributed by atoms with Crippen molar-refractivity contribution in [3.63, 3.8) is 0 Å². The monoisotopic (exact) mass is 427 g/mol. The topological polar surface area (TPSA) is 78.5 Å². The quantitative estimate of drug-likeness (QED) is 0.625. The Balaban J connectivity index is 1.28. The Kier molecular flexibility index (Phi) is 6.31. The molecule has 0 fully saturated rings. The van der Waals surface area contributed by atoms with Crippen LogP contribution in [-0.4, -0.2) is 30.8 Å². The summed E-state index contributed by atoms with van der Waals surface area (Å²) in [5.74, 6) is -0.448. The highest BCUT2D eigenvalue weighted by Gasteiger charge is 2.25. The second-order valence-corrected chi connectivity index (χ2v) is 7.78. The number of nitrogens with one attached hydrogen (secondary N) is 2. The molecule has 162 valence electrons. The summed E-state index contributed by atoms with van der Waals surface area (Å²) in [6.45, 7) is 2.79. The molecule has 1 aliphatic heterocycles. The van der Waals surface area contributed by atoms with Gasteiger partial charge >= 0.3 is 0 Å². The van der Waals surface area contributed by atoms with E-state index >= 15 is 0 Å². The molecule has 0 saturated heterocycles. The predicted octanol–water partition coefficient (Wildman–Crippen LogP) is 3.96. The number of nitrogens with zero attached hydrogens (tertiary/aromatic N) is 1. The fraction of sp³-hybridized carbons (Fsp3) is 0.192. The van der Waals surface area contributed by atoms with Gasteiger partial charge in [0.2, 0.25) is 5.91 Å². The number of hydrogen-bond acceptors (Lipinski definition) is 3. The zero-order chi connectivity index (χ0) is 22.5. The van der Waals surface area contributed by atoms with E-state index in [2.05, 4.69) is 10.6 Å². The molecule has 6 nitrogen and oxygen atoms in total. The molecule has 0 atom stereocenters. The number of para-hydroxylation sites is 1. The average molecular weight is 428 g/mol. The first kappa shape index (κ1) is 21.3. The average Bonchev–Trinajstić information content (AvgIpc) is 3.23. The molecule has 1 heterocycles. The maximum Gasteiger partial charge on any atom is 0.258 e. The van der Waals surface area contributed by atoms with Crippen molar-refractivity contribution in [2.75, 3.05) is 23.3 Å².